The molecule has 1 aliphatic rings. The predicted octanol–water partition coefficient (Wildman–Crippen LogP) is 2.77. The molecular weight excluding hydrogens is 203 g/mol. The Hall–Kier alpha value is -1.37. The second kappa shape index (κ2) is 4.92. The molecule has 0 aliphatic heterocycles. The molecule has 0 fully saturated rings. The lowest BCUT2D eigenvalue weighted by atomic mass is 9.82. The fraction of sp³-hybridized carbons (Fsp3) is 0.333. The van der Waals surface area contributed by atoms with E-state index in [1.54, 1.807) is 0 Å². The summed E-state index contributed by atoms with van der Waals surface area (Å²) in [7, 11) is 0.762. The lowest BCUT2D eigenvalue weighted by Gasteiger charge is -2.22. The van der Waals surface area contributed by atoms with Crippen molar-refractivity contribution in [1.82, 2.24) is 0 Å². The van der Waals surface area contributed by atoms with Crippen LogP contribution in [0.25, 0.3) is 0 Å². The second-order valence-electron chi connectivity index (χ2n) is 3.52. The summed E-state index contributed by atoms with van der Waals surface area (Å²) in [6.45, 7) is 7.90. The fourth-order valence-corrected chi connectivity index (χ4v) is 2.60. The van der Waals surface area contributed by atoms with Gasteiger partial charge in [0, 0.05) is 11.5 Å². The smallest absolute Gasteiger partial charge is 0.0997 e. The molecule has 0 N–H and O–H groups in total. The minimum Gasteiger partial charge on any atom is -0.193 e. The first-order valence-corrected chi connectivity index (χ1v) is 6.42. The van der Waals surface area contributed by atoms with Gasteiger partial charge >= 0.3 is 0 Å². The first kappa shape index (κ1) is 11.7. The molecule has 2 atom stereocenters. The van der Waals surface area contributed by atoms with Gasteiger partial charge in [-0.05, 0) is 37.0 Å². The summed E-state index contributed by atoms with van der Waals surface area (Å²) in [4.78, 5) is 0. The topological polar surface area (TPSA) is 47.6 Å². The monoisotopic (exact) mass is 216 g/mol. The Kier molecular flexibility index (Phi) is 3.84. The Balaban J connectivity index is 3.19. The van der Waals surface area contributed by atoms with Gasteiger partial charge in [-0.15, -0.1) is 8.58 Å². The quantitative estimate of drug-likeness (QED) is 0.666. The maximum absolute atomic E-state index is 9.02. The number of hydrogen-bond donors (Lipinski definition) is 0. The first-order chi connectivity index (χ1) is 7.15. The zero-order valence-electron chi connectivity index (χ0n) is 8.96. The minimum absolute atomic E-state index is 0.0525. The van der Waals surface area contributed by atoms with E-state index in [-0.39, 0.29) is 5.92 Å². The third-order valence-electron chi connectivity index (χ3n) is 2.53. The summed E-state index contributed by atoms with van der Waals surface area (Å²) >= 11 is 0. The van der Waals surface area contributed by atoms with Gasteiger partial charge in [-0.2, -0.15) is 10.5 Å². The van der Waals surface area contributed by atoms with Crippen molar-refractivity contribution in [2.24, 2.45) is 5.92 Å². The van der Waals surface area contributed by atoms with Crippen molar-refractivity contribution in [1.29, 1.82) is 10.5 Å². The summed E-state index contributed by atoms with van der Waals surface area (Å²) in [5.41, 5.74) is 3.06. The van der Waals surface area contributed by atoms with Crippen LogP contribution < -0.4 is 0 Å². The van der Waals surface area contributed by atoms with Crippen LogP contribution in [0.4, 0.5) is 0 Å². The van der Waals surface area contributed by atoms with E-state index in [0.717, 1.165) is 31.5 Å². The number of hydrogen-bond acceptors (Lipinski definition) is 2. The van der Waals surface area contributed by atoms with Gasteiger partial charge in [0.15, 0.2) is 0 Å². The zero-order chi connectivity index (χ0) is 11.4. The molecule has 0 aromatic rings. The molecule has 0 amide bonds. The molecule has 0 bridgehead atoms. The van der Waals surface area contributed by atoms with Crippen LogP contribution in [-0.4, -0.2) is 12.8 Å². The maximum atomic E-state index is 9.02. The van der Waals surface area contributed by atoms with Crippen molar-refractivity contribution in [2.75, 3.05) is 12.8 Å². The Labute approximate surface area is 92.4 Å². The highest BCUT2D eigenvalue weighted by molar-refractivity contribution is 7.37. The Morgan fingerprint density at radius 3 is 2.60 bits per heavy atom. The van der Waals surface area contributed by atoms with Crippen LogP contribution in [0.2, 0.25) is 0 Å². The predicted molar refractivity (Wildman–Crippen MR) is 63.7 cm³/mol. The van der Waals surface area contributed by atoms with Gasteiger partial charge in [-0.25, -0.2) is 0 Å². The molecule has 0 spiro atoms. The van der Waals surface area contributed by atoms with E-state index in [9.17, 15) is 0 Å². The van der Waals surface area contributed by atoms with E-state index < -0.39 is 0 Å². The average Bonchev–Trinajstić information content (AvgIpc) is 2.22. The van der Waals surface area contributed by atoms with E-state index >= 15 is 0 Å². The summed E-state index contributed by atoms with van der Waals surface area (Å²) in [6, 6.07) is 4.37. The highest BCUT2D eigenvalue weighted by Gasteiger charge is 2.24. The molecule has 0 saturated carbocycles. The van der Waals surface area contributed by atoms with Crippen molar-refractivity contribution in [3.8, 4) is 12.1 Å². The van der Waals surface area contributed by atoms with Gasteiger partial charge in [-0.3, -0.25) is 0 Å². The maximum Gasteiger partial charge on any atom is 0.0997 e. The van der Waals surface area contributed by atoms with Crippen LogP contribution in [0, 0.1) is 28.6 Å². The number of rotatable bonds is 2. The standard InChI is InChI=1S/C12H13N2P/c1-8-4-10(5-13)12(7-15-3)9(2)11(8)6-14/h4,12,15H,2,7H2,1,3H3. The van der Waals surface area contributed by atoms with Crippen molar-refractivity contribution in [3.05, 3.63) is 34.9 Å². The van der Waals surface area contributed by atoms with Crippen LogP contribution in [0.15, 0.2) is 34.9 Å². The second-order valence-corrected chi connectivity index (χ2v) is 4.63. The van der Waals surface area contributed by atoms with Gasteiger partial charge in [-0.1, -0.05) is 6.58 Å². The van der Waals surface area contributed by atoms with Crippen LogP contribution in [0.5, 0.6) is 0 Å². The summed E-state index contributed by atoms with van der Waals surface area (Å²) in [6.07, 6.45) is 2.73. The van der Waals surface area contributed by atoms with Gasteiger partial charge in [0.25, 0.3) is 0 Å². The summed E-state index contributed by atoms with van der Waals surface area (Å²) < 4.78 is 0. The Morgan fingerprint density at radius 2 is 2.13 bits per heavy atom. The van der Waals surface area contributed by atoms with E-state index in [0.29, 0.717) is 5.57 Å². The zero-order valence-corrected chi connectivity index (χ0v) is 9.96. The number of allylic oxidation sites excluding steroid dienone is 5. The lowest BCUT2D eigenvalue weighted by Crippen LogP contribution is -2.14. The lowest BCUT2D eigenvalue weighted by molar-refractivity contribution is 0.841. The van der Waals surface area contributed by atoms with Gasteiger partial charge in [0.2, 0.25) is 0 Å². The highest BCUT2D eigenvalue weighted by Crippen LogP contribution is 2.35. The summed E-state index contributed by atoms with van der Waals surface area (Å²) in [5, 5.41) is 18.0. The molecular formula is C12H13N2P. The molecule has 0 aromatic carbocycles. The van der Waals surface area contributed by atoms with E-state index in [2.05, 4.69) is 25.4 Å². The Bertz CT molecular complexity index is 430. The van der Waals surface area contributed by atoms with E-state index in [1.165, 1.54) is 0 Å². The molecule has 3 heteroatoms. The third kappa shape index (κ3) is 2.17. The van der Waals surface area contributed by atoms with Crippen molar-refractivity contribution < 1.29 is 0 Å². The molecule has 0 heterocycles. The highest BCUT2D eigenvalue weighted by atomic mass is 31.1. The number of nitrogens with zero attached hydrogens (tertiary/aromatic N) is 2. The van der Waals surface area contributed by atoms with Gasteiger partial charge in [0.1, 0.15) is 0 Å². The number of nitriles is 2. The van der Waals surface area contributed by atoms with Crippen LogP contribution in [0.1, 0.15) is 6.92 Å². The van der Waals surface area contributed by atoms with Crippen molar-refractivity contribution in [3.63, 3.8) is 0 Å². The first-order valence-electron chi connectivity index (χ1n) is 4.72. The molecule has 2 unspecified atom stereocenters. The largest absolute Gasteiger partial charge is 0.193 e. The fourth-order valence-electron chi connectivity index (χ4n) is 1.73. The van der Waals surface area contributed by atoms with Crippen molar-refractivity contribution in [2.45, 2.75) is 6.92 Å². The molecule has 76 valence electrons. The van der Waals surface area contributed by atoms with Gasteiger partial charge in [0.05, 0.1) is 17.7 Å². The van der Waals surface area contributed by atoms with E-state index in [4.69, 9.17) is 10.5 Å². The minimum atomic E-state index is 0.0525. The molecule has 1 rings (SSSR count). The third-order valence-corrected chi connectivity index (χ3v) is 3.35. The van der Waals surface area contributed by atoms with Gasteiger partial charge < -0.3 is 0 Å². The van der Waals surface area contributed by atoms with Crippen LogP contribution in [-0.2, 0) is 0 Å². The molecule has 15 heavy (non-hydrogen) atoms. The molecule has 1 aliphatic carbocycles. The summed E-state index contributed by atoms with van der Waals surface area (Å²) in [5.74, 6) is 0.0525. The van der Waals surface area contributed by atoms with E-state index in [1.807, 2.05) is 13.0 Å². The average molecular weight is 216 g/mol. The SMILES string of the molecule is C=C1C(C#N)=C(C)C=C(C#N)C1CPC. The normalized spacial score (nSPS) is 21.5. The molecule has 0 radical (unpaired) electrons. The van der Waals surface area contributed by atoms with Crippen LogP contribution >= 0.6 is 8.58 Å². The van der Waals surface area contributed by atoms with Crippen LogP contribution in [0.3, 0.4) is 0 Å². The molecule has 0 saturated heterocycles. The molecule has 0 aromatic heterocycles. The molecule has 2 nitrogen and oxygen atoms in total. The van der Waals surface area contributed by atoms with Crippen molar-refractivity contribution >= 4 is 8.58 Å². The Morgan fingerprint density at radius 1 is 1.47 bits per heavy atom.